The van der Waals surface area contributed by atoms with Crippen LogP contribution < -0.4 is 21.3 Å². The summed E-state index contributed by atoms with van der Waals surface area (Å²) in [5.74, 6) is -3.25. The monoisotopic (exact) mass is 304 g/mol. The number of nitrogens with one attached hydrogen (secondary N) is 3. The smallest absolute Gasteiger partial charge is 0.472 e. The van der Waals surface area contributed by atoms with Crippen molar-refractivity contribution in [3.63, 3.8) is 0 Å². The number of alkyl halides is 3. The molecule has 10 heteroatoms. The zero-order valence-corrected chi connectivity index (χ0v) is 10.3. The van der Waals surface area contributed by atoms with Crippen molar-refractivity contribution in [3.8, 4) is 0 Å². The first kappa shape index (κ1) is 16.3. The number of halogens is 3. The van der Waals surface area contributed by atoms with Gasteiger partial charge in [0.15, 0.2) is 0 Å². The van der Waals surface area contributed by atoms with Crippen LogP contribution in [0.2, 0.25) is 0 Å². The number of benzene rings is 1. The molecule has 0 aliphatic rings. The second kappa shape index (κ2) is 6.59. The third-order valence-electron chi connectivity index (χ3n) is 2.20. The molecule has 0 aliphatic heterocycles. The van der Waals surface area contributed by atoms with E-state index in [0.717, 1.165) is 0 Å². The van der Waals surface area contributed by atoms with Gasteiger partial charge in [0, 0.05) is 12.1 Å². The van der Waals surface area contributed by atoms with Gasteiger partial charge in [-0.1, -0.05) is 12.1 Å². The lowest BCUT2D eigenvalue weighted by Crippen LogP contribution is -2.47. The minimum Gasteiger partial charge on any atom is -0.530 e. The summed E-state index contributed by atoms with van der Waals surface area (Å²) in [7, 11) is 0. The minimum atomic E-state index is -5.10. The van der Waals surface area contributed by atoms with E-state index in [1.807, 2.05) is 5.32 Å². The molecule has 3 amide bonds. The van der Waals surface area contributed by atoms with Crippen molar-refractivity contribution >= 4 is 17.9 Å². The third-order valence-corrected chi connectivity index (χ3v) is 2.20. The van der Waals surface area contributed by atoms with Crippen LogP contribution in [0, 0.1) is 0 Å². The zero-order chi connectivity index (χ0) is 16.0. The SMILES string of the molecule is O=C([O-])NCc1ccc(C(=O)NNC(=O)C(F)(F)F)cc1. The Balaban J connectivity index is 2.55. The lowest BCUT2D eigenvalue weighted by Gasteiger charge is -2.10. The Morgan fingerprint density at radius 2 is 1.62 bits per heavy atom. The Labute approximate surface area is 116 Å². The van der Waals surface area contributed by atoms with Crippen LogP contribution in [0.5, 0.6) is 0 Å². The predicted molar refractivity (Wildman–Crippen MR) is 60.3 cm³/mol. The van der Waals surface area contributed by atoms with E-state index < -0.39 is 24.1 Å². The van der Waals surface area contributed by atoms with Gasteiger partial charge in [0.05, 0.1) is 0 Å². The maximum Gasteiger partial charge on any atom is 0.472 e. The first-order chi connectivity index (χ1) is 9.70. The highest BCUT2D eigenvalue weighted by atomic mass is 19.4. The molecule has 0 spiro atoms. The van der Waals surface area contributed by atoms with Crippen molar-refractivity contribution in [2.24, 2.45) is 0 Å². The molecule has 3 N–H and O–H groups in total. The summed E-state index contributed by atoms with van der Waals surface area (Å²) < 4.78 is 35.6. The molecule has 0 heterocycles. The Bertz CT molecular complexity index is 543. The molecule has 1 aromatic carbocycles. The summed E-state index contributed by atoms with van der Waals surface area (Å²) in [6.07, 6.45) is -6.57. The number of hydrazine groups is 1. The van der Waals surface area contributed by atoms with Crippen LogP contribution in [0.25, 0.3) is 0 Å². The molecule has 0 saturated heterocycles. The Morgan fingerprint density at radius 1 is 1.05 bits per heavy atom. The van der Waals surface area contributed by atoms with Gasteiger partial charge in [-0.25, -0.2) is 0 Å². The highest BCUT2D eigenvalue weighted by Gasteiger charge is 2.38. The van der Waals surface area contributed by atoms with Crippen molar-refractivity contribution < 1.29 is 32.7 Å². The minimum absolute atomic E-state index is 0.0188. The molecule has 0 radical (unpaired) electrons. The standard InChI is InChI=1S/C11H10F3N3O4/c12-11(13,14)9(19)17-16-8(18)7-3-1-6(2-4-7)5-15-10(20)21/h1-4,15H,5H2,(H,16,18)(H,17,19)(H,20,21)/p-1. The largest absolute Gasteiger partial charge is 0.530 e. The molecular weight excluding hydrogens is 295 g/mol. The van der Waals surface area contributed by atoms with Gasteiger partial charge in [0.1, 0.15) is 6.09 Å². The molecule has 1 aromatic rings. The van der Waals surface area contributed by atoms with Crippen molar-refractivity contribution in [2.45, 2.75) is 12.7 Å². The van der Waals surface area contributed by atoms with Gasteiger partial charge in [0.2, 0.25) is 0 Å². The second-order valence-electron chi connectivity index (χ2n) is 3.74. The van der Waals surface area contributed by atoms with Crippen LogP contribution in [0.3, 0.4) is 0 Å². The Kier molecular flexibility index (Phi) is 5.11. The van der Waals surface area contributed by atoms with Gasteiger partial charge in [-0.2, -0.15) is 13.2 Å². The maximum absolute atomic E-state index is 11.9. The fourth-order valence-corrected chi connectivity index (χ4v) is 1.20. The number of carbonyl (C=O) groups excluding carboxylic acids is 3. The molecule has 0 aliphatic carbocycles. The summed E-state index contributed by atoms with van der Waals surface area (Å²) in [6.45, 7) is -0.0466. The molecule has 21 heavy (non-hydrogen) atoms. The molecule has 0 bridgehead atoms. The summed E-state index contributed by atoms with van der Waals surface area (Å²) >= 11 is 0. The van der Waals surface area contributed by atoms with Gasteiger partial charge in [-0.15, -0.1) is 0 Å². The van der Waals surface area contributed by atoms with Crippen molar-refractivity contribution in [1.82, 2.24) is 16.2 Å². The van der Waals surface area contributed by atoms with Gasteiger partial charge in [0.25, 0.3) is 5.91 Å². The number of hydrogen-bond donors (Lipinski definition) is 3. The van der Waals surface area contributed by atoms with Crippen molar-refractivity contribution in [1.29, 1.82) is 0 Å². The van der Waals surface area contributed by atoms with E-state index in [0.29, 0.717) is 5.56 Å². The van der Waals surface area contributed by atoms with Crippen LogP contribution in [-0.2, 0) is 11.3 Å². The topological polar surface area (TPSA) is 110 Å². The molecule has 0 saturated carbocycles. The lowest BCUT2D eigenvalue weighted by molar-refractivity contribution is -0.251. The molecule has 0 atom stereocenters. The lowest BCUT2D eigenvalue weighted by atomic mass is 10.1. The van der Waals surface area contributed by atoms with Crippen LogP contribution in [0.1, 0.15) is 15.9 Å². The van der Waals surface area contributed by atoms with Crippen LogP contribution in [-0.4, -0.2) is 24.1 Å². The molecular formula is C11H9F3N3O4-. The molecule has 0 fully saturated rings. The van der Waals surface area contributed by atoms with E-state index in [-0.39, 0.29) is 12.1 Å². The summed E-state index contributed by atoms with van der Waals surface area (Å²) in [5, 5.41) is 12.1. The second-order valence-corrected chi connectivity index (χ2v) is 3.74. The van der Waals surface area contributed by atoms with Gasteiger partial charge in [-0.3, -0.25) is 20.4 Å². The maximum atomic E-state index is 11.9. The summed E-state index contributed by atoms with van der Waals surface area (Å²) in [5.41, 5.74) is 3.30. The van der Waals surface area contributed by atoms with Gasteiger partial charge in [-0.05, 0) is 17.7 Å². The number of carbonyl (C=O) groups is 3. The van der Waals surface area contributed by atoms with Crippen LogP contribution in [0.15, 0.2) is 24.3 Å². The van der Waals surface area contributed by atoms with Crippen LogP contribution in [0.4, 0.5) is 18.0 Å². The third kappa shape index (κ3) is 5.38. The highest BCUT2D eigenvalue weighted by Crippen LogP contribution is 2.13. The molecule has 114 valence electrons. The number of rotatable bonds is 3. The first-order valence-electron chi connectivity index (χ1n) is 5.41. The predicted octanol–water partition coefficient (Wildman–Crippen LogP) is -0.557. The van der Waals surface area contributed by atoms with Gasteiger partial charge < -0.3 is 15.2 Å². The van der Waals surface area contributed by atoms with Gasteiger partial charge >= 0.3 is 12.1 Å². The highest BCUT2D eigenvalue weighted by molar-refractivity contribution is 5.95. The fourth-order valence-electron chi connectivity index (χ4n) is 1.20. The number of carboxylic acid groups (broad SMARTS) is 1. The van der Waals surface area contributed by atoms with E-state index in [1.54, 1.807) is 5.43 Å². The van der Waals surface area contributed by atoms with E-state index >= 15 is 0 Å². The Morgan fingerprint density at radius 3 is 2.10 bits per heavy atom. The number of hydrogen-bond acceptors (Lipinski definition) is 4. The molecule has 0 unspecified atom stereocenters. The molecule has 1 rings (SSSR count). The van der Waals surface area contributed by atoms with Crippen molar-refractivity contribution in [3.05, 3.63) is 35.4 Å². The first-order valence-corrected chi connectivity index (χ1v) is 5.41. The van der Waals surface area contributed by atoms with E-state index in [9.17, 15) is 32.7 Å². The van der Waals surface area contributed by atoms with Crippen LogP contribution >= 0.6 is 0 Å². The number of amides is 3. The van der Waals surface area contributed by atoms with E-state index in [2.05, 4.69) is 0 Å². The van der Waals surface area contributed by atoms with Crippen molar-refractivity contribution in [2.75, 3.05) is 0 Å². The summed E-state index contributed by atoms with van der Waals surface area (Å²) in [6, 6.07) is 5.27. The zero-order valence-electron chi connectivity index (χ0n) is 10.3. The van der Waals surface area contributed by atoms with E-state index in [4.69, 9.17) is 0 Å². The normalized spacial score (nSPS) is 10.6. The molecule has 7 nitrogen and oxygen atoms in total. The average Bonchev–Trinajstić information content (AvgIpc) is 2.41. The average molecular weight is 304 g/mol. The summed E-state index contributed by atoms with van der Waals surface area (Å²) in [4.78, 5) is 32.1. The molecule has 0 aromatic heterocycles. The van der Waals surface area contributed by atoms with E-state index in [1.165, 1.54) is 29.7 Å². The fraction of sp³-hybridized carbons (Fsp3) is 0.182. The quantitative estimate of drug-likeness (QED) is 0.650. The Hall–Kier alpha value is -2.78.